The molecule has 0 spiro atoms. The third kappa shape index (κ3) is 3.23. The van der Waals surface area contributed by atoms with Gasteiger partial charge in [0.2, 0.25) is 0 Å². The highest BCUT2D eigenvalue weighted by Gasteiger charge is 2.50. The van der Waals surface area contributed by atoms with Crippen LogP contribution in [-0.2, 0) is 10.3 Å². The lowest BCUT2D eigenvalue weighted by molar-refractivity contribution is -0.130. The molecule has 1 atom stereocenters. The highest BCUT2D eigenvalue weighted by molar-refractivity contribution is 6.32. The molecule has 3 amide bonds. The highest BCUT2D eigenvalue weighted by Crippen LogP contribution is 2.33. The Bertz CT molecular complexity index is 970. The number of hydrogen-bond acceptors (Lipinski definition) is 3. The number of imide groups is 1. The van der Waals surface area contributed by atoms with Gasteiger partial charge in [0.05, 0.1) is 6.54 Å². The molecule has 1 fully saturated rings. The first kappa shape index (κ1) is 19.1. The van der Waals surface area contributed by atoms with Crippen LogP contribution in [0.4, 0.5) is 4.79 Å². The summed E-state index contributed by atoms with van der Waals surface area (Å²) in [5, 5.41) is 3.06. The first-order valence-electron chi connectivity index (χ1n) is 8.65. The minimum atomic E-state index is -1.30. The number of aryl methyl sites for hydroxylation is 3. The Labute approximate surface area is 163 Å². The van der Waals surface area contributed by atoms with Crippen molar-refractivity contribution in [2.24, 2.45) is 0 Å². The molecule has 2 aromatic carbocycles. The third-order valence-corrected chi connectivity index (χ3v) is 5.46. The van der Waals surface area contributed by atoms with E-state index >= 15 is 0 Å². The number of carbonyl (C=O) groups is 3. The summed E-state index contributed by atoms with van der Waals surface area (Å²) in [6.45, 7) is 7.03. The molecule has 2 aromatic rings. The number of nitrogens with one attached hydrogen (secondary N) is 1. The normalized spacial score (nSPS) is 19.4. The highest BCUT2D eigenvalue weighted by atomic mass is 35.5. The molecule has 0 aromatic heterocycles. The van der Waals surface area contributed by atoms with Crippen LogP contribution >= 0.6 is 11.6 Å². The van der Waals surface area contributed by atoms with Crippen molar-refractivity contribution in [3.05, 3.63) is 69.2 Å². The Morgan fingerprint density at radius 2 is 1.70 bits per heavy atom. The van der Waals surface area contributed by atoms with Crippen LogP contribution in [0.15, 0.2) is 36.4 Å². The zero-order valence-corrected chi connectivity index (χ0v) is 16.5. The molecular weight excluding hydrogens is 364 g/mol. The first-order valence-corrected chi connectivity index (χ1v) is 9.03. The quantitative estimate of drug-likeness (QED) is 0.641. The van der Waals surface area contributed by atoms with Crippen molar-refractivity contribution < 1.29 is 14.4 Å². The van der Waals surface area contributed by atoms with Crippen molar-refractivity contribution in [2.45, 2.75) is 33.2 Å². The third-order valence-electron chi connectivity index (χ3n) is 5.13. The zero-order valence-electron chi connectivity index (χ0n) is 15.7. The number of hydrogen-bond donors (Lipinski definition) is 1. The van der Waals surface area contributed by atoms with Crippen LogP contribution in [0, 0.1) is 20.8 Å². The van der Waals surface area contributed by atoms with E-state index in [1.807, 2.05) is 26.8 Å². The molecule has 140 valence electrons. The lowest BCUT2D eigenvalue weighted by Gasteiger charge is -2.23. The standard InChI is InChI=1S/C21H21ClN2O3/c1-12-9-14(3)15(10-13(12)2)18(25)11-24-19(26)21(4,23-20(24)27)16-7-5-6-8-17(16)22/h5-10H,11H2,1-4H3,(H,23,27). The number of urea groups is 1. The van der Waals surface area contributed by atoms with Gasteiger partial charge in [-0.2, -0.15) is 0 Å². The van der Waals surface area contributed by atoms with Crippen LogP contribution in [0.2, 0.25) is 5.02 Å². The summed E-state index contributed by atoms with van der Waals surface area (Å²) >= 11 is 6.22. The van der Waals surface area contributed by atoms with Crippen molar-refractivity contribution in [2.75, 3.05) is 6.54 Å². The van der Waals surface area contributed by atoms with Gasteiger partial charge in [0.1, 0.15) is 5.54 Å². The predicted octanol–water partition coefficient (Wildman–Crippen LogP) is 3.92. The largest absolute Gasteiger partial charge is 0.325 e. The van der Waals surface area contributed by atoms with Gasteiger partial charge in [-0.05, 0) is 56.5 Å². The SMILES string of the molecule is Cc1cc(C)c(C(=O)CN2C(=O)NC(C)(c3ccccc3Cl)C2=O)cc1C. The second-order valence-electron chi connectivity index (χ2n) is 7.10. The van der Waals surface area contributed by atoms with Gasteiger partial charge in [0, 0.05) is 16.1 Å². The summed E-state index contributed by atoms with van der Waals surface area (Å²) in [5.74, 6) is -0.766. The molecule has 6 heteroatoms. The molecule has 0 saturated carbocycles. The average Bonchev–Trinajstić information content (AvgIpc) is 2.82. The molecule has 1 unspecified atom stereocenters. The van der Waals surface area contributed by atoms with Crippen LogP contribution in [0.5, 0.6) is 0 Å². The summed E-state index contributed by atoms with van der Waals surface area (Å²) in [6.07, 6.45) is 0. The topological polar surface area (TPSA) is 66.5 Å². The minimum Gasteiger partial charge on any atom is -0.319 e. The van der Waals surface area contributed by atoms with Crippen molar-refractivity contribution in [3.8, 4) is 0 Å². The second-order valence-corrected chi connectivity index (χ2v) is 7.51. The van der Waals surface area contributed by atoms with Gasteiger partial charge in [0.25, 0.3) is 5.91 Å². The van der Waals surface area contributed by atoms with Crippen LogP contribution in [0.1, 0.15) is 39.5 Å². The smallest absolute Gasteiger partial charge is 0.319 e. The van der Waals surface area contributed by atoms with Gasteiger partial charge < -0.3 is 5.32 Å². The Hall–Kier alpha value is -2.66. The van der Waals surface area contributed by atoms with E-state index < -0.39 is 17.5 Å². The number of ketones is 1. The van der Waals surface area contributed by atoms with E-state index in [-0.39, 0.29) is 12.3 Å². The maximum Gasteiger partial charge on any atom is 0.325 e. The van der Waals surface area contributed by atoms with Crippen LogP contribution in [0.3, 0.4) is 0 Å². The maximum atomic E-state index is 13.0. The molecule has 27 heavy (non-hydrogen) atoms. The van der Waals surface area contributed by atoms with Crippen LogP contribution in [0.25, 0.3) is 0 Å². The average molecular weight is 385 g/mol. The van der Waals surface area contributed by atoms with Crippen molar-refractivity contribution in [1.82, 2.24) is 10.2 Å². The van der Waals surface area contributed by atoms with Gasteiger partial charge in [-0.3, -0.25) is 14.5 Å². The fraction of sp³-hybridized carbons (Fsp3) is 0.286. The number of benzene rings is 2. The van der Waals surface area contributed by atoms with Gasteiger partial charge in [-0.1, -0.05) is 35.9 Å². The van der Waals surface area contributed by atoms with E-state index in [0.717, 1.165) is 21.6 Å². The zero-order chi connectivity index (χ0) is 19.9. The summed E-state index contributed by atoms with van der Waals surface area (Å²) in [5.41, 5.74) is 2.62. The van der Waals surface area contributed by atoms with E-state index in [2.05, 4.69) is 5.32 Å². The van der Waals surface area contributed by atoms with Crippen molar-refractivity contribution >= 4 is 29.3 Å². The summed E-state index contributed by atoms with van der Waals surface area (Å²) in [6, 6.07) is 9.99. The number of carbonyl (C=O) groups excluding carboxylic acids is 3. The Morgan fingerprint density at radius 1 is 1.07 bits per heavy atom. The maximum absolute atomic E-state index is 13.0. The lowest BCUT2D eigenvalue weighted by Crippen LogP contribution is -2.41. The second kappa shape index (κ2) is 6.82. The van der Waals surface area contributed by atoms with E-state index in [1.54, 1.807) is 37.3 Å². The van der Waals surface area contributed by atoms with E-state index in [0.29, 0.717) is 16.1 Å². The number of rotatable bonds is 4. The van der Waals surface area contributed by atoms with Crippen molar-refractivity contribution in [3.63, 3.8) is 0 Å². The molecule has 1 aliphatic heterocycles. The van der Waals surface area contributed by atoms with E-state index in [9.17, 15) is 14.4 Å². The van der Waals surface area contributed by atoms with Gasteiger partial charge >= 0.3 is 6.03 Å². The molecular formula is C21H21ClN2O3. The molecule has 3 rings (SSSR count). The number of halogens is 1. The fourth-order valence-electron chi connectivity index (χ4n) is 3.38. The number of amides is 3. The monoisotopic (exact) mass is 384 g/mol. The molecule has 0 bridgehead atoms. The molecule has 1 N–H and O–H groups in total. The summed E-state index contributed by atoms with van der Waals surface area (Å²) in [7, 11) is 0. The Morgan fingerprint density at radius 3 is 2.37 bits per heavy atom. The predicted molar refractivity (Wildman–Crippen MR) is 104 cm³/mol. The lowest BCUT2D eigenvalue weighted by atomic mass is 9.92. The molecule has 0 radical (unpaired) electrons. The fourth-order valence-corrected chi connectivity index (χ4v) is 3.70. The van der Waals surface area contributed by atoms with Crippen LogP contribution in [-0.4, -0.2) is 29.2 Å². The molecule has 1 saturated heterocycles. The van der Waals surface area contributed by atoms with Gasteiger partial charge in [-0.25, -0.2) is 4.79 Å². The van der Waals surface area contributed by atoms with Crippen molar-refractivity contribution in [1.29, 1.82) is 0 Å². The Balaban J connectivity index is 1.90. The Kier molecular flexibility index (Phi) is 4.82. The minimum absolute atomic E-state index is 0.275. The number of nitrogens with zero attached hydrogens (tertiary/aromatic N) is 1. The first-order chi connectivity index (χ1) is 12.6. The summed E-state index contributed by atoms with van der Waals surface area (Å²) < 4.78 is 0. The van der Waals surface area contributed by atoms with Crippen LogP contribution < -0.4 is 5.32 Å². The van der Waals surface area contributed by atoms with E-state index in [4.69, 9.17) is 11.6 Å². The number of Topliss-reactive ketones (excluding diaryl/α,β-unsaturated/α-hetero) is 1. The van der Waals surface area contributed by atoms with Gasteiger partial charge in [0.15, 0.2) is 5.78 Å². The molecule has 1 heterocycles. The van der Waals surface area contributed by atoms with Gasteiger partial charge in [-0.15, -0.1) is 0 Å². The summed E-state index contributed by atoms with van der Waals surface area (Å²) in [4.78, 5) is 39.2. The molecule has 0 aliphatic carbocycles. The molecule has 5 nitrogen and oxygen atoms in total. The van der Waals surface area contributed by atoms with E-state index in [1.165, 1.54) is 0 Å². The molecule has 1 aliphatic rings.